The second-order valence-corrected chi connectivity index (χ2v) is 10.7. The summed E-state index contributed by atoms with van der Waals surface area (Å²) in [5, 5.41) is 7.32. The lowest BCUT2D eigenvalue weighted by atomic mass is 10.1. The van der Waals surface area contributed by atoms with Crippen molar-refractivity contribution < 1.29 is 0 Å². The van der Waals surface area contributed by atoms with E-state index in [9.17, 15) is 0 Å². The zero-order chi connectivity index (χ0) is 21.9. The average Bonchev–Trinajstić information content (AvgIpc) is 3.03. The Morgan fingerprint density at radius 2 is 1.84 bits per heavy atom. The van der Waals surface area contributed by atoms with E-state index >= 15 is 0 Å². The Morgan fingerprint density at radius 1 is 1.06 bits per heavy atom. The second-order valence-electron chi connectivity index (χ2n) is 9.19. The summed E-state index contributed by atoms with van der Waals surface area (Å²) < 4.78 is 0. The maximum Gasteiger partial charge on any atom is 0.155 e. The van der Waals surface area contributed by atoms with Crippen LogP contribution in [0.3, 0.4) is 0 Å². The molecule has 7 nitrogen and oxygen atoms in total. The number of hydrogen-bond donors (Lipinski definition) is 2. The maximum absolute atomic E-state index is 5.04. The number of aromatic nitrogens is 3. The van der Waals surface area contributed by atoms with Crippen molar-refractivity contribution in [2.24, 2.45) is 0 Å². The fraction of sp³-hybridized carbons (Fsp3) is 0.458. The number of nitrogens with one attached hydrogen (secondary N) is 2. The van der Waals surface area contributed by atoms with Gasteiger partial charge in [0.2, 0.25) is 0 Å². The lowest BCUT2D eigenvalue weighted by Gasteiger charge is -2.34. The Labute approximate surface area is 193 Å². The number of nitrogens with zero attached hydrogens (tertiary/aromatic N) is 5. The molecule has 2 aliphatic heterocycles. The highest BCUT2D eigenvalue weighted by Crippen LogP contribution is 2.29. The van der Waals surface area contributed by atoms with Gasteiger partial charge >= 0.3 is 0 Å². The highest BCUT2D eigenvalue weighted by Gasteiger charge is 2.22. The molecule has 5 rings (SSSR count). The number of hydrogen-bond acceptors (Lipinski definition) is 7. The van der Waals surface area contributed by atoms with Crippen LogP contribution in [0.15, 0.2) is 42.7 Å². The molecule has 8 heteroatoms. The van der Waals surface area contributed by atoms with Crippen molar-refractivity contribution in [2.75, 3.05) is 56.5 Å². The highest BCUT2D eigenvalue weighted by atomic mass is 28.1. The first-order chi connectivity index (χ1) is 15.7. The van der Waals surface area contributed by atoms with Crippen molar-refractivity contribution in [3.05, 3.63) is 42.7 Å². The number of pyridine rings is 1. The third-order valence-corrected chi connectivity index (χ3v) is 8.05. The van der Waals surface area contributed by atoms with Gasteiger partial charge in [0.25, 0.3) is 0 Å². The summed E-state index contributed by atoms with van der Waals surface area (Å²) in [6.45, 7) is 6.56. The number of piperazine rings is 1. The van der Waals surface area contributed by atoms with Crippen LogP contribution < -0.4 is 15.5 Å². The van der Waals surface area contributed by atoms with Crippen LogP contribution in [0.4, 0.5) is 11.5 Å². The summed E-state index contributed by atoms with van der Waals surface area (Å²) in [7, 11) is 3.34. The van der Waals surface area contributed by atoms with Gasteiger partial charge in [-0.2, -0.15) is 0 Å². The zero-order valence-electron chi connectivity index (χ0n) is 19.1. The first-order valence-corrected chi connectivity index (χ1v) is 13.0. The van der Waals surface area contributed by atoms with Crippen LogP contribution in [0, 0.1) is 0 Å². The van der Waals surface area contributed by atoms with Crippen molar-refractivity contribution >= 4 is 32.8 Å². The molecule has 0 bridgehead atoms. The lowest BCUT2D eigenvalue weighted by Crippen LogP contribution is -2.44. The molecule has 3 aromatic rings. The number of anilines is 2. The summed E-state index contributed by atoms with van der Waals surface area (Å²) in [5.41, 5.74) is 5.75. The van der Waals surface area contributed by atoms with Gasteiger partial charge in [0.05, 0.1) is 11.2 Å². The van der Waals surface area contributed by atoms with Crippen molar-refractivity contribution in [2.45, 2.75) is 24.4 Å². The maximum atomic E-state index is 5.04. The number of fused-ring (bicyclic) bond motifs is 1. The van der Waals surface area contributed by atoms with E-state index < -0.39 is 0 Å². The van der Waals surface area contributed by atoms with Crippen LogP contribution in [-0.4, -0.2) is 82.5 Å². The third-order valence-electron chi connectivity index (χ3n) is 6.83. The molecule has 2 fully saturated rings. The molecule has 2 N–H and O–H groups in total. The van der Waals surface area contributed by atoms with E-state index in [0.717, 1.165) is 84.0 Å². The SMILES string of the molecule is CN1CCN(c2ccc(-c3cc4nccnc4c(N[C@H]4CCCNCC4[SiH3])n3)cc2)CC1. The van der Waals surface area contributed by atoms with Gasteiger partial charge in [0.15, 0.2) is 5.82 Å². The quantitative estimate of drug-likeness (QED) is 0.591. The molecule has 32 heavy (non-hydrogen) atoms. The van der Waals surface area contributed by atoms with Crippen molar-refractivity contribution in [1.29, 1.82) is 0 Å². The van der Waals surface area contributed by atoms with Gasteiger partial charge in [-0.05, 0) is 56.7 Å². The molecule has 0 amide bonds. The second kappa shape index (κ2) is 9.52. The summed E-state index contributed by atoms with van der Waals surface area (Å²) in [6, 6.07) is 11.3. The summed E-state index contributed by atoms with van der Waals surface area (Å²) in [5.74, 6) is 0.862. The smallest absolute Gasteiger partial charge is 0.155 e. The summed E-state index contributed by atoms with van der Waals surface area (Å²) in [4.78, 5) is 19.1. The van der Waals surface area contributed by atoms with Crippen molar-refractivity contribution in [3.8, 4) is 11.3 Å². The van der Waals surface area contributed by atoms with E-state index in [-0.39, 0.29) is 0 Å². The minimum Gasteiger partial charge on any atom is -0.369 e. The van der Waals surface area contributed by atoms with Crippen LogP contribution in [0.2, 0.25) is 5.54 Å². The van der Waals surface area contributed by atoms with E-state index in [1.165, 1.54) is 12.1 Å². The van der Waals surface area contributed by atoms with E-state index in [0.29, 0.717) is 11.6 Å². The zero-order valence-corrected chi connectivity index (χ0v) is 21.1. The predicted octanol–water partition coefficient (Wildman–Crippen LogP) is 1.76. The van der Waals surface area contributed by atoms with Gasteiger partial charge in [-0.1, -0.05) is 12.1 Å². The van der Waals surface area contributed by atoms with E-state index in [2.05, 4.69) is 67.8 Å². The molecule has 1 aromatic carbocycles. The Bertz CT molecular complexity index is 1050. The molecule has 0 saturated carbocycles. The molecular weight excluding hydrogens is 414 g/mol. The Hall–Kier alpha value is -2.55. The van der Waals surface area contributed by atoms with E-state index in [4.69, 9.17) is 4.98 Å². The molecule has 168 valence electrons. The van der Waals surface area contributed by atoms with E-state index in [1.807, 2.05) is 0 Å². The minimum absolute atomic E-state index is 0.434. The average molecular weight is 448 g/mol. The molecule has 2 aromatic heterocycles. The van der Waals surface area contributed by atoms with Gasteiger partial charge in [0, 0.05) is 66.1 Å². The number of benzene rings is 1. The van der Waals surface area contributed by atoms with Crippen molar-refractivity contribution in [3.63, 3.8) is 0 Å². The number of rotatable bonds is 4. The van der Waals surface area contributed by atoms with Gasteiger partial charge in [0.1, 0.15) is 5.52 Å². The van der Waals surface area contributed by atoms with Gasteiger partial charge in [-0.25, -0.2) is 9.97 Å². The summed E-state index contributed by atoms with van der Waals surface area (Å²) in [6.07, 6.45) is 5.87. The van der Waals surface area contributed by atoms with Gasteiger partial charge in [-0.3, -0.25) is 4.98 Å². The molecule has 0 spiro atoms. The van der Waals surface area contributed by atoms with Crippen LogP contribution in [-0.2, 0) is 0 Å². The molecule has 0 radical (unpaired) electrons. The Balaban J connectivity index is 1.44. The normalized spacial score (nSPS) is 22.7. The highest BCUT2D eigenvalue weighted by molar-refractivity contribution is 6.12. The topological polar surface area (TPSA) is 69.2 Å². The third kappa shape index (κ3) is 4.62. The van der Waals surface area contributed by atoms with Crippen LogP contribution in [0.1, 0.15) is 12.8 Å². The standard InChI is InChI=1S/C24H33N7Si/c1-30-11-13-31(14-12-30)18-6-4-17(5-7-18)20-15-21-23(27-10-9-26-21)24(29-20)28-19-3-2-8-25-16-22(19)32/h4-7,9-10,15,19,22,25H,2-3,8,11-14,16H2,1,32H3,(H,28,29)/t19-,22?/m0/s1. The molecule has 0 aliphatic carbocycles. The number of likely N-dealkylation sites (N-methyl/N-ethyl adjacent to an activating group) is 1. The van der Waals surface area contributed by atoms with Crippen LogP contribution in [0.25, 0.3) is 22.3 Å². The molecule has 2 aliphatic rings. The Kier molecular flexibility index (Phi) is 6.34. The molecule has 2 saturated heterocycles. The fourth-order valence-corrected chi connectivity index (χ4v) is 5.51. The fourth-order valence-electron chi connectivity index (χ4n) is 4.72. The molecule has 4 heterocycles. The predicted molar refractivity (Wildman–Crippen MR) is 136 cm³/mol. The first kappa shape index (κ1) is 21.3. The largest absolute Gasteiger partial charge is 0.369 e. The summed E-state index contributed by atoms with van der Waals surface area (Å²) >= 11 is 0. The lowest BCUT2D eigenvalue weighted by molar-refractivity contribution is 0.313. The Morgan fingerprint density at radius 3 is 2.66 bits per heavy atom. The monoisotopic (exact) mass is 447 g/mol. The van der Waals surface area contributed by atoms with E-state index in [1.54, 1.807) is 12.4 Å². The van der Waals surface area contributed by atoms with Crippen LogP contribution >= 0.6 is 0 Å². The minimum atomic E-state index is 0.434. The molecule has 1 unspecified atom stereocenters. The van der Waals surface area contributed by atoms with Crippen LogP contribution in [0.5, 0.6) is 0 Å². The molecule has 2 atom stereocenters. The molecular formula is C24H33N7Si. The first-order valence-electron chi connectivity index (χ1n) is 11.8. The van der Waals surface area contributed by atoms with Gasteiger partial charge < -0.3 is 20.4 Å². The van der Waals surface area contributed by atoms with Crippen molar-refractivity contribution in [1.82, 2.24) is 25.2 Å². The van der Waals surface area contributed by atoms with Gasteiger partial charge in [-0.15, -0.1) is 0 Å².